The van der Waals surface area contributed by atoms with Gasteiger partial charge in [0.15, 0.2) is 16.7 Å². The van der Waals surface area contributed by atoms with Gasteiger partial charge in [0, 0.05) is 17.9 Å². The van der Waals surface area contributed by atoms with Crippen LogP contribution in [0.1, 0.15) is 36.6 Å². The van der Waals surface area contributed by atoms with Gasteiger partial charge in [0.2, 0.25) is 5.88 Å². The van der Waals surface area contributed by atoms with E-state index in [0.717, 1.165) is 17.8 Å². The highest BCUT2D eigenvalue weighted by atomic mass is 32.2. The van der Waals surface area contributed by atoms with Gasteiger partial charge in [-0.05, 0) is 30.5 Å². The number of thioether (sulfide) groups is 1. The van der Waals surface area contributed by atoms with Crippen LogP contribution in [-0.2, 0) is 5.75 Å². The first-order chi connectivity index (χ1) is 12.9. The first kappa shape index (κ1) is 19.3. The standard InChI is InChI=1S/C21H20F2N2OS/c1-13(2)18-11-20(26-19-8-7-16(22)10-17(19)23)25-21(24-18)27-12-15-6-4-5-14(3)9-15/h4-11,13H,12H2,1-3H3. The zero-order valence-electron chi connectivity index (χ0n) is 15.4. The molecule has 3 rings (SSSR count). The van der Waals surface area contributed by atoms with E-state index in [-0.39, 0.29) is 17.5 Å². The first-order valence-corrected chi connectivity index (χ1v) is 9.59. The van der Waals surface area contributed by atoms with Crippen molar-refractivity contribution in [3.05, 3.63) is 77.0 Å². The number of hydrogen-bond acceptors (Lipinski definition) is 4. The zero-order valence-corrected chi connectivity index (χ0v) is 16.2. The molecule has 0 aliphatic heterocycles. The summed E-state index contributed by atoms with van der Waals surface area (Å²) >= 11 is 1.49. The van der Waals surface area contributed by atoms with Gasteiger partial charge in [-0.3, -0.25) is 0 Å². The lowest BCUT2D eigenvalue weighted by Gasteiger charge is -2.11. The molecule has 0 atom stereocenters. The van der Waals surface area contributed by atoms with E-state index in [1.165, 1.54) is 29.0 Å². The highest BCUT2D eigenvalue weighted by Crippen LogP contribution is 2.29. The molecule has 2 aromatic carbocycles. The minimum Gasteiger partial charge on any atom is -0.436 e. The van der Waals surface area contributed by atoms with E-state index in [0.29, 0.717) is 10.9 Å². The van der Waals surface area contributed by atoms with Crippen LogP contribution >= 0.6 is 11.8 Å². The summed E-state index contributed by atoms with van der Waals surface area (Å²) in [7, 11) is 0. The molecule has 1 heterocycles. The van der Waals surface area contributed by atoms with Crippen molar-refractivity contribution in [1.82, 2.24) is 9.97 Å². The molecule has 0 aliphatic carbocycles. The van der Waals surface area contributed by atoms with E-state index in [2.05, 4.69) is 22.1 Å². The number of aryl methyl sites for hydroxylation is 1. The van der Waals surface area contributed by atoms with Crippen LogP contribution in [0, 0.1) is 18.6 Å². The Bertz CT molecular complexity index is 947. The molecule has 0 aliphatic rings. The number of benzene rings is 2. The number of aromatic nitrogens is 2. The van der Waals surface area contributed by atoms with Crippen LogP contribution in [0.15, 0.2) is 53.7 Å². The third kappa shape index (κ3) is 5.26. The maximum atomic E-state index is 13.9. The molecule has 0 N–H and O–H groups in total. The van der Waals surface area contributed by atoms with Crippen LogP contribution in [0.2, 0.25) is 0 Å². The second kappa shape index (κ2) is 8.48. The largest absolute Gasteiger partial charge is 0.436 e. The Labute approximate surface area is 161 Å². The molecule has 0 saturated carbocycles. The Balaban J connectivity index is 1.83. The van der Waals surface area contributed by atoms with Crippen LogP contribution in [-0.4, -0.2) is 9.97 Å². The monoisotopic (exact) mass is 386 g/mol. The van der Waals surface area contributed by atoms with Crippen molar-refractivity contribution >= 4 is 11.8 Å². The molecule has 0 radical (unpaired) electrons. The molecular formula is C21H20F2N2OS. The normalized spacial score (nSPS) is 11.0. The van der Waals surface area contributed by atoms with E-state index in [1.54, 1.807) is 6.07 Å². The Hall–Kier alpha value is -2.47. The third-order valence-corrected chi connectivity index (χ3v) is 4.77. The number of nitrogens with zero attached hydrogens (tertiary/aromatic N) is 2. The molecule has 140 valence electrons. The van der Waals surface area contributed by atoms with E-state index in [9.17, 15) is 8.78 Å². The molecular weight excluding hydrogens is 366 g/mol. The van der Waals surface area contributed by atoms with Crippen LogP contribution in [0.25, 0.3) is 0 Å². The molecule has 3 nitrogen and oxygen atoms in total. The Morgan fingerprint density at radius 3 is 2.56 bits per heavy atom. The fraction of sp³-hybridized carbons (Fsp3) is 0.238. The van der Waals surface area contributed by atoms with Crippen LogP contribution in [0.4, 0.5) is 8.78 Å². The fourth-order valence-corrected chi connectivity index (χ4v) is 3.25. The average Bonchev–Trinajstić information content (AvgIpc) is 2.62. The first-order valence-electron chi connectivity index (χ1n) is 8.61. The van der Waals surface area contributed by atoms with Crippen molar-refractivity contribution in [3.63, 3.8) is 0 Å². The molecule has 0 spiro atoms. The van der Waals surface area contributed by atoms with E-state index < -0.39 is 11.6 Å². The highest BCUT2D eigenvalue weighted by molar-refractivity contribution is 7.98. The summed E-state index contributed by atoms with van der Waals surface area (Å²) in [6.45, 7) is 6.08. The van der Waals surface area contributed by atoms with Crippen LogP contribution in [0.3, 0.4) is 0 Å². The van der Waals surface area contributed by atoms with Crippen molar-refractivity contribution in [2.75, 3.05) is 0 Å². The van der Waals surface area contributed by atoms with Gasteiger partial charge >= 0.3 is 0 Å². The molecule has 0 unspecified atom stereocenters. The Kier molecular flexibility index (Phi) is 6.06. The molecule has 6 heteroatoms. The number of halogens is 2. The minimum absolute atomic E-state index is 0.0700. The third-order valence-electron chi connectivity index (χ3n) is 3.85. The molecule has 1 aromatic heterocycles. The van der Waals surface area contributed by atoms with Crippen LogP contribution < -0.4 is 4.74 Å². The SMILES string of the molecule is Cc1cccc(CSc2nc(Oc3ccc(F)cc3F)cc(C(C)C)n2)c1. The lowest BCUT2D eigenvalue weighted by atomic mass is 10.1. The predicted molar refractivity (Wildman–Crippen MR) is 103 cm³/mol. The van der Waals surface area contributed by atoms with E-state index >= 15 is 0 Å². The molecule has 27 heavy (non-hydrogen) atoms. The summed E-state index contributed by atoms with van der Waals surface area (Å²) in [5, 5.41) is 0.556. The number of hydrogen-bond donors (Lipinski definition) is 0. The van der Waals surface area contributed by atoms with Gasteiger partial charge < -0.3 is 4.74 Å². The van der Waals surface area contributed by atoms with Gasteiger partial charge in [-0.2, -0.15) is 4.98 Å². The predicted octanol–water partition coefficient (Wildman–Crippen LogP) is 6.27. The van der Waals surface area contributed by atoms with Gasteiger partial charge in [-0.25, -0.2) is 13.8 Å². The maximum absolute atomic E-state index is 13.9. The second-order valence-corrected chi connectivity index (χ2v) is 7.47. The summed E-state index contributed by atoms with van der Waals surface area (Å²) in [6, 6.07) is 13.1. The van der Waals surface area contributed by atoms with Gasteiger partial charge in [-0.15, -0.1) is 0 Å². The summed E-state index contributed by atoms with van der Waals surface area (Å²) in [5.41, 5.74) is 3.17. The van der Waals surface area contributed by atoms with Gasteiger partial charge in [0.05, 0.1) is 5.69 Å². The Morgan fingerprint density at radius 2 is 1.85 bits per heavy atom. The summed E-state index contributed by atoms with van der Waals surface area (Å²) in [4.78, 5) is 8.95. The smallest absolute Gasteiger partial charge is 0.223 e. The minimum atomic E-state index is -0.770. The average molecular weight is 386 g/mol. The highest BCUT2D eigenvalue weighted by Gasteiger charge is 2.13. The van der Waals surface area contributed by atoms with Crippen LogP contribution in [0.5, 0.6) is 11.6 Å². The second-order valence-electron chi connectivity index (χ2n) is 6.52. The molecule has 0 bridgehead atoms. The number of ether oxygens (including phenoxy) is 1. The summed E-state index contributed by atoms with van der Waals surface area (Å²) in [5.74, 6) is -0.376. The topological polar surface area (TPSA) is 35.0 Å². The van der Waals surface area contributed by atoms with E-state index in [4.69, 9.17) is 4.74 Å². The fourth-order valence-electron chi connectivity index (χ4n) is 2.45. The molecule has 0 amide bonds. The van der Waals surface area contributed by atoms with Gasteiger partial charge in [0.25, 0.3) is 0 Å². The maximum Gasteiger partial charge on any atom is 0.223 e. The summed E-state index contributed by atoms with van der Waals surface area (Å²) < 4.78 is 32.5. The van der Waals surface area contributed by atoms with Gasteiger partial charge in [0.1, 0.15) is 5.82 Å². The van der Waals surface area contributed by atoms with Gasteiger partial charge in [-0.1, -0.05) is 55.4 Å². The molecule has 0 saturated heterocycles. The van der Waals surface area contributed by atoms with Crippen molar-refractivity contribution in [3.8, 4) is 11.6 Å². The Morgan fingerprint density at radius 1 is 1.04 bits per heavy atom. The summed E-state index contributed by atoms with van der Waals surface area (Å²) in [6.07, 6.45) is 0. The van der Waals surface area contributed by atoms with Crippen molar-refractivity contribution < 1.29 is 13.5 Å². The quantitative estimate of drug-likeness (QED) is 0.369. The lowest BCUT2D eigenvalue weighted by Crippen LogP contribution is -2.00. The number of rotatable bonds is 6. The van der Waals surface area contributed by atoms with Crippen molar-refractivity contribution in [2.24, 2.45) is 0 Å². The zero-order chi connectivity index (χ0) is 19.4. The molecule has 3 aromatic rings. The lowest BCUT2D eigenvalue weighted by molar-refractivity contribution is 0.417. The van der Waals surface area contributed by atoms with E-state index in [1.807, 2.05) is 32.9 Å². The molecule has 0 fully saturated rings. The van der Waals surface area contributed by atoms with Crippen molar-refractivity contribution in [2.45, 2.75) is 37.6 Å². The van der Waals surface area contributed by atoms with Crippen molar-refractivity contribution in [1.29, 1.82) is 0 Å².